The van der Waals surface area contributed by atoms with Crippen molar-refractivity contribution in [2.75, 3.05) is 33.0 Å². The van der Waals surface area contributed by atoms with Gasteiger partial charge in [-0.3, -0.25) is 9.89 Å². The van der Waals surface area contributed by atoms with Gasteiger partial charge in [0.2, 0.25) is 5.89 Å². The molecule has 2 aliphatic heterocycles. The minimum Gasteiger partial charge on any atom is -0.381 e. The molecule has 9 nitrogen and oxygen atoms in total. The SMILES string of the molecule is O=C(c1n[nH]c2ccccc12)N1CCCC1c1nc(CCOCC2CCOCC2)no1. The van der Waals surface area contributed by atoms with E-state index in [1.165, 1.54) is 0 Å². The van der Waals surface area contributed by atoms with Crippen molar-refractivity contribution in [2.24, 2.45) is 5.92 Å². The van der Waals surface area contributed by atoms with Crippen molar-refractivity contribution < 1.29 is 18.8 Å². The van der Waals surface area contributed by atoms with Crippen LogP contribution in [0.3, 0.4) is 0 Å². The van der Waals surface area contributed by atoms with Crippen molar-refractivity contribution in [1.29, 1.82) is 0 Å². The fourth-order valence-electron chi connectivity index (χ4n) is 4.36. The number of likely N-dealkylation sites (tertiary alicyclic amines) is 1. The molecular weight excluding hydrogens is 398 g/mol. The highest BCUT2D eigenvalue weighted by Gasteiger charge is 2.36. The Hall–Kier alpha value is -2.78. The molecule has 1 aromatic carbocycles. The summed E-state index contributed by atoms with van der Waals surface area (Å²) in [4.78, 5) is 19.5. The van der Waals surface area contributed by atoms with Gasteiger partial charge >= 0.3 is 0 Å². The summed E-state index contributed by atoms with van der Waals surface area (Å²) in [5, 5.41) is 12.1. The molecule has 0 radical (unpaired) electrons. The highest BCUT2D eigenvalue weighted by molar-refractivity contribution is 6.04. The van der Waals surface area contributed by atoms with Crippen LogP contribution in [0.15, 0.2) is 28.8 Å². The molecule has 31 heavy (non-hydrogen) atoms. The molecule has 1 N–H and O–H groups in total. The van der Waals surface area contributed by atoms with Crippen molar-refractivity contribution in [2.45, 2.75) is 38.1 Å². The Morgan fingerprint density at radius 1 is 1.23 bits per heavy atom. The Labute approximate surface area is 180 Å². The standard InChI is InChI=1S/C22H27N5O4/c28-22(20-16-4-1-2-5-17(16)24-25-20)27-10-3-6-18(27)21-23-19(26-31-21)9-13-30-14-15-7-11-29-12-8-15/h1-2,4-5,15,18H,3,6-14H2,(H,24,25). The van der Waals surface area contributed by atoms with Gasteiger partial charge < -0.3 is 18.9 Å². The van der Waals surface area contributed by atoms with Crippen LogP contribution in [0.1, 0.15) is 53.9 Å². The minimum atomic E-state index is -0.215. The Kier molecular flexibility index (Phi) is 5.95. The van der Waals surface area contributed by atoms with E-state index < -0.39 is 0 Å². The summed E-state index contributed by atoms with van der Waals surface area (Å²) in [5.74, 6) is 1.57. The second-order valence-electron chi connectivity index (χ2n) is 8.20. The van der Waals surface area contributed by atoms with Crippen molar-refractivity contribution in [3.8, 4) is 0 Å². The number of fused-ring (bicyclic) bond motifs is 1. The van der Waals surface area contributed by atoms with E-state index in [1.54, 1.807) is 4.90 Å². The highest BCUT2D eigenvalue weighted by atomic mass is 16.5. The fraction of sp³-hybridized carbons (Fsp3) is 0.545. The predicted octanol–water partition coefficient (Wildman–Crippen LogP) is 2.91. The van der Waals surface area contributed by atoms with Gasteiger partial charge in [-0.25, -0.2) is 0 Å². The number of benzene rings is 1. The Balaban J connectivity index is 1.20. The van der Waals surface area contributed by atoms with Crippen molar-refractivity contribution in [1.82, 2.24) is 25.2 Å². The number of aromatic nitrogens is 4. The molecule has 2 saturated heterocycles. The van der Waals surface area contributed by atoms with Crippen LogP contribution in [0.5, 0.6) is 0 Å². The van der Waals surface area contributed by atoms with E-state index in [-0.39, 0.29) is 11.9 Å². The molecule has 3 aromatic rings. The molecule has 164 valence electrons. The second kappa shape index (κ2) is 9.15. The maximum Gasteiger partial charge on any atom is 0.275 e. The molecule has 2 aromatic heterocycles. The van der Waals surface area contributed by atoms with Gasteiger partial charge in [-0.1, -0.05) is 23.4 Å². The Bertz CT molecular complexity index is 1030. The number of para-hydroxylation sites is 1. The lowest BCUT2D eigenvalue weighted by atomic mass is 10.0. The molecule has 2 aliphatic rings. The number of H-pyrrole nitrogens is 1. The van der Waals surface area contributed by atoms with Gasteiger partial charge in [0.05, 0.1) is 12.1 Å². The Morgan fingerprint density at radius 2 is 2.10 bits per heavy atom. The van der Waals surface area contributed by atoms with Gasteiger partial charge in [-0.05, 0) is 37.7 Å². The summed E-state index contributed by atoms with van der Waals surface area (Å²) in [6, 6.07) is 7.43. The molecule has 0 saturated carbocycles. The van der Waals surface area contributed by atoms with E-state index in [0.717, 1.165) is 56.4 Å². The van der Waals surface area contributed by atoms with E-state index >= 15 is 0 Å². The van der Waals surface area contributed by atoms with Crippen LogP contribution in [0, 0.1) is 5.92 Å². The van der Waals surface area contributed by atoms with Gasteiger partial charge in [-0.15, -0.1) is 0 Å². The quantitative estimate of drug-likeness (QED) is 0.580. The third-order valence-corrected chi connectivity index (χ3v) is 6.12. The molecule has 0 bridgehead atoms. The highest BCUT2D eigenvalue weighted by Crippen LogP contribution is 2.33. The lowest BCUT2D eigenvalue weighted by Crippen LogP contribution is -2.31. The van der Waals surface area contributed by atoms with Crippen molar-refractivity contribution in [3.05, 3.63) is 41.7 Å². The molecular formula is C22H27N5O4. The monoisotopic (exact) mass is 425 g/mol. The molecule has 2 fully saturated rings. The van der Waals surface area contributed by atoms with Gasteiger partial charge in [0, 0.05) is 38.2 Å². The number of carbonyl (C=O) groups excluding carboxylic acids is 1. The van der Waals surface area contributed by atoms with Crippen LogP contribution in [-0.2, 0) is 15.9 Å². The van der Waals surface area contributed by atoms with E-state index in [2.05, 4.69) is 20.3 Å². The van der Waals surface area contributed by atoms with Crippen LogP contribution in [0.2, 0.25) is 0 Å². The van der Waals surface area contributed by atoms with Crippen LogP contribution < -0.4 is 0 Å². The largest absolute Gasteiger partial charge is 0.381 e. The predicted molar refractivity (Wildman–Crippen MR) is 111 cm³/mol. The minimum absolute atomic E-state index is 0.112. The topological polar surface area (TPSA) is 106 Å². The first-order chi connectivity index (χ1) is 15.3. The second-order valence-corrected chi connectivity index (χ2v) is 8.20. The molecule has 1 amide bonds. The zero-order valence-corrected chi connectivity index (χ0v) is 17.5. The number of carbonyl (C=O) groups is 1. The van der Waals surface area contributed by atoms with Crippen molar-refractivity contribution in [3.63, 3.8) is 0 Å². The average Bonchev–Trinajstić information content (AvgIpc) is 3.56. The molecule has 0 spiro atoms. The summed E-state index contributed by atoms with van der Waals surface area (Å²) in [6.07, 6.45) is 4.41. The molecule has 1 unspecified atom stereocenters. The van der Waals surface area contributed by atoms with Crippen LogP contribution >= 0.6 is 0 Å². The van der Waals surface area contributed by atoms with Gasteiger partial charge in [-0.2, -0.15) is 10.1 Å². The van der Waals surface area contributed by atoms with Gasteiger partial charge in [0.15, 0.2) is 11.5 Å². The van der Waals surface area contributed by atoms with E-state index in [0.29, 0.717) is 42.9 Å². The number of nitrogens with zero attached hydrogens (tertiary/aromatic N) is 4. The first kappa shape index (κ1) is 20.1. The number of ether oxygens (including phenoxy) is 2. The van der Waals surface area contributed by atoms with E-state index in [9.17, 15) is 4.79 Å². The lowest BCUT2D eigenvalue weighted by Gasteiger charge is -2.21. The molecule has 5 rings (SSSR count). The zero-order chi connectivity index (χ0) is 21.0. The summed E-state index contributed by atoms with van der Waals surface area (Å²) >= 11 is 0. The summed E-state index contributed by atoms with van der Waals surface area (Å²) in [7, 11) is 0. The zero-order valence-electron chi connectivity index (χ0n) is 17.5. The van der Waals surface area contributed by atoms with Crippen LogP contribution in [0.25, 0.3) is 10.9 Å². The van der Waals surface area contributed by atoms with Gasteiger partial charge in [0.25, 0.3) is 5.91 Å². The number of aromatic amines is 1. The lowest BCUT2D eigenvalue weighted by molar-refractivity contribution is 0.0211. The number of amides is 1. The molecule has 4 heterocycles. The first-order valence-electron chi connectivity index (χ1n) is 11.0. The van der Waals surface area contributed by atoms with Gasteiger partial charge in [0.1, 0.15) is 6.04 Å². The number of nitrogens with one attached hydrogen (secondary N) is 1. The normalized spacial score (nSPS) is 20.0. The number of hydrogen-bond acceptors (Lipinski definition) is 7. The number of hydrogen-bond donors (Lipinski definition) is 1. The Morgan fingerprint density at radius 3 is 3.00 bits per heavy atom. The van der Waals surface area contributed by atoms with Crippen LogP contribution in [0.4, 0.5) is 0 Å². The number of rotatable bonds is 7. The summed E-state index contributed by atoms with van der Waals surface area (Å²) in [5.41, 5.74) is 1.28. The fourth-order valence-corrected chi connectivity index (χ4v) is 4.36. The summed E-state index contributed by atoms with van der Waals surface area (Å²) in [6.45, 7) is 3.61. The molecule has 9 heteroatoms. The average molecular weight is 425 g/mol. The smallest absolute Gasteiger partial charge is 0.275 e. The first-order valence-corrected chi connectivity index (χ1v) is 11.0. The van der Waals surface area contributed by atoms with E-state index in [4.69, 9.17) is 14.0 Å². The van der Waals surface area contributed by atoms with E-state index in [1.807, 2.05) is 24.3 Å². The van der Waals surface area contributed by atoms with Crippen molar-refractivity contribution >= 4 is 16.8 Å². The molecule has 0 aliphatic carbocycles. The summed E-state index contributed by atoms with van der Waals surface area (Å²) < 4.78 is 16.7. The maximum atomic E-state index is 13.2. The van der Waals surface area contributed by atoms with Crippen LogP contribution in [-0.4, -0.2) is 64.1 Å². The third-order valence-electron chi connectivity index (χ3n) is 6.12. The molecule has 1 atom stereocenters. The maximum absolute atomic E-state index is 13.2. The third kappa shape index (κ3) is 4.33.